The van der Waals surface area contributed by atoms with Crippen LogP contribution in [0.4, 0.5) is 5.69 Å². The van der Waals surface area contributed by atoms with Crippen molar-refractivity contribution in [3.63, 3.8) is 0 Å². The van der Waals surface area contributed by atoms with E-state index in [0.717, 1.165) is 25.2 Å². The van der Waals surface area contributed by atoms with Crippen LogP contribution in [-0.2, 0) is 14.9 Å². The third-order valence-corrected chi connectivity index (χ3v) is 4.69. The van der Waals surface area contributed by atoms with Crippen molar-refractivity contribution < 1.29 is 19.0 Å². The van der Waals surface area contributed by atoms with Gasteiger partial charge in [-0.2, -0.15) is 0 Å². The summed E-state index contributed by atoms with van der Waals surface area (Å²) in [4.78, 5) is 12.1. The smallest absolute Gasteiger partial charge is 0.262 e. The minimum atomic E-state index is -0.201. The number of hydrogen-bond acceptors (Lipinski definition) is 4. The molecule has 0 radical (unpaired) electrons. The van der Waals surface area contributed by atoms with Crippen molar-refractivity contribution in [2.75, 3.05) is 25.1 Å². The molecule has 1 aliphatic rings. The summed E-state index contributed by atoms with van der Waals surface area (Å²) in [5, 5.41) is 2.83. The molecule has 2 aromatic carbocycles. The van der Waals surface area contributed by atoms with Crippen LogP contribution in [0.2, 0.25) is 0 Å². The largest absolute Gasteiger partial charge is 0.491 e. The van der Waals surface area contributed by atoms with Crippen molar-refractivity contribution in [1.29, 1.82) is 0 Å². The van der Waals surface area contributed by atoms with Gasteiger partial charge in [-0.1, -0.05) is 32.9 Å². The predicted molar refractivity (Wildman–Crippen MR) is 110 cm³/mol. The summed E-state index contributed by atoms with van der Waals surface area (Å²) in [7, 11) is 0. The summed E-state index contributed by atoms with van der Waals surface area (Å²) in [6, 6.07) is 15.2. The van der Waals surface area contributed by atoms with Crippen molar-refractivity contribution in [2.45, 2.75) is 45.1 Å². The van der Waals surface area contributed by atoms with E-state index in [-0.39, 0.29) is 24.0 Å². The van der Waals surface area contributed by atoms with Crippen LogP contribution in [-0.4, -0.2) is 31.8 Å². The number of nitrogens with one attached hydrogen (secondary N) is 1. The van der Waals surface area contributed by atoms with Gasteiger partial charge in [0.2, 0.25) is 0 Å². The predicted octanol–water partition coefficient (Wildman–Crippen LogP) is 4.56. The molecule has 1 heterocycles. The van der Waals surface area contributed by atoms with Crippen molar-refractivity contribution in [3.8, 4) is 11.5 Å². The lowest BCUT2D eigenvalue weighted by atomic mass is 9.87. The van der Waals surface area contributed by atoms with Crippen molar-refractivity contribution in [2.24, 2.45) is 0 Å². The highest BCUT2D eigenvalue weighted by molar-refractivity contribution is 5.91. The zero-order valence-electron chi connectivity index (χ0n) is 16.9. The molecule has 0 spiro atoms. The van der Waals surface area contributed by atoms with Gasteiger partial charge >= 0.3 is 0 Å². The Kier molecular flexibility index (Phi) is 6.57. The molecule has 28 heavy (non-hydrogen) atoms. The maximum Gasteiger partial charge on any atom is 0.262 e. The van der Waals surface area contributed by atoms with E-state index in [9.17, 15) is 4.79 Å². The highest BCUT2D eigenvalue weighted by atomic mass is 16.5. The maximum absolute atomic E-state index is 12.1. The molecule has 0 aromatic heterocycles. The van der Waals surface area contributed by atoms with Gasteiger partial charge in [0.25, 0.3) is 5.91 Å². The molecule has 0 saturated carbocycles. The third-order valence-electron chi connectivity index (χ3n) is 4.69. The molecule has 1 N–H and O–H groups in total. The van der Waals surface area contributed by atoms with Crippen LogP contribution in [0.25, 0.3) is 0 Å². The number of carbonyl (C=O) groups is 1. The zero-order valence-corrected chi connectivity index (χ0v) is 16.9. The fourth-order valence-corrected chi connectivity index (χ4v) is 3.00. The van der Waals surface area contributed by atoms with Crippen molar-refractivity contribution >= 4 is 11.6 Å². The number of anilines is 1. The van der Waals surface area contributed by atoms with Gasteiger partial charge in [0.15, 0.2) is 6.61 Å². The summed E-state index contributed by atoms with van der Waals surface area (Å²) >= 11 is 0. The Morgan fingerprint density at radius 1 is 1.04 bits per heavy atom. The lowest BCUT2D eigenvalue weighted by Gasteiger charge is -2.19. The molecule has 3 rings (SSSR count). The molecular formula is C23H29NO4. The number of benzene rings is 2. The maximum atomic E-state index is 12.1. The topological polar surface area (TPSA) is 56.8 Å². The first-order valence-corrected chi connectivity index (χ1v) is 9.78. The molecule has 0 unspecified atom stereocenters. The van der Waals surface area contributed by atoms with Crippen LogP contribution in [0.1, 0.15) is 39.2 Å². The van der Waals surface area contributed by atoms with Gasteiger partial charge in [0.05, 0.1) is 6.10 Å². The Morgan fingerprint density at radius 2 is 1.68 bits per heavy atom. The van der Waals surface area contributed by atoms with E-state index in [1.165, 1.54) is 5.56 Å². The zero-order chi connectivity index (χ0) is 20.0. The fourth-order valence-electron chi connectivity index (χ4n) is 3.00. The van der Waals surface area contributed by atoms with Crippen LogP contribution in [0.3, 0.4) is 0 Å². The first kappa shape index (κ1) is 20.2. The van der Waals surface area contributed by atoms with E-state index in [0.29, 0.717) is 18.0 Å². The van der Waals surface area contributed by atoms with Crippen LogP contribution in [0, 0.1) is 0 Å². The standard InChI is InChI=1S/C23H29NO4/c1-23(2,3)17-6-10-19(11-7-17)28-16-22(25)24-18-8-12-20(13-9-18)27-15-21-5-4-14-26-21/h6-13,21H,4-5,14-16H2,1-3H3,(H,24,25)/t21-/m0/s1. The first-order valence-electron chi connectivity index (χ1n) is 9.78. The van der Waals surface area contributed by atoms with E-state index >= 15 is 0 Å². The van der Waals surface area contributed by atoms with Crippen LogP contribution in [0.15, 0.2) is 48.5 Å². The van der Waals surface area contributed by atoms with Crippen molar-refractivity contribution in [3.05, 3.63) is 54.1 Å². The lowest BCUT2D eigenvalue weighted by Crippen LogP contribution is -2.20. The van der Waals surface area contributed by atoms with Gasteiger partial charge in [0, 0.05) is 12.3 Å². The Bertz CT molecular complexity index is 757. The van der Waals surface area contributed by atoms with Gasteiger partial charge in [-0.15, -0.1) is 0 Å². The van der Waals surface area contributed by atoms with Gasteiger partial charge in [-0.05, 0) is 60.2 Å². The van der Waals surface area contributed by atoms with E-state index in [2.05, 4.69) is 26.1 Å². The Hall–Kier alpha value is -2.53. The highest BCUT2D eigenvalue weighted by Crippen LogP contribution is 2.24. The molecule has 1 saturated heterocycles. The molecule has 0 aliphatic carbocycles. The second-order valence-electron chi connectivity index (χ2n) is 8.08. The molecule has 0 bridgehead atoms. The van der Waals surface area contributed by atoms with Gasteiger partial charge < -0.3 is 19.5 Å². The number of hydrogen-bond donors (Lipinski definition) is 1. The number of ether oxygens (including phenoxy) is 3. The van der Waals surface area contributed by atoms with E-state index in [4.69, 9.17) is 14.2 Å². The number of carbonyl (C=O) groups excluding carboxylic acids is 1. The van der Waals surface area contributed by atoms with Crippen LogP contribution < -0.4 is 14.8 Å². The first-order chi connectivity index (χ1) is 13.4. The quantitative estimate of drug-likeness (QED) is 0.761. The molecule has 5 nitrogen and oxygen atoms in total. The summed E-state index contributed by atoms with van der Waals surface area (Å²) in [6.45, 7) is 7.83. The fraction of sp³-hybridized carbons (Fsp3) is 0.435. The molecule has 1 aliphatic heterocycles. The van der Waals surface area contributed by atoms with E-state index < -0.39 is 0 Å². The monoisotopic (exact) mass is 383 g/mol. The molecule has 5 heteroatoms. The van der Waals surface area contributed by atoms with E-state index in [1.807, 2.05) is 48.5 Å². The molecule has 150 valence electrons. The minimum Gasteiger partial charge on any atom is -0.491 e. The summed E-state index contributed by atoms with van der Waals surface area (Å²) in [5.74, 6) is 1.25. The average molecular weight is 383 g/mol. The number of amides is 1. The normalized spacial score (nSPS) is 16.6. The number of rotatable bonds is 7. The van der Waals surface area contributed by atoms with Gasteiger partial charge in [-0.25, -0.2) is 0 Å². The molecule has 1 atom stereocenters. The SMILES string of the molecule is CC(C)(C)c1ccc(OCC(=O)Nc2ccc(OC[C@@H]3CCCO3)cc2)cc1. The second kappa shape index (κ2) is 9.11. The van der Waals surface area contributed by atoms with Crippen molar-refractivity contribution in [1.82, 2.24) is 0 Å². The summed E-state index contributed by atoms with van der Waals surface area (Å²) < 4.78 is 16.8. The Labute approximate surface area is 167 Å². The second-order valence-corrected chi connectivity index (χ2v) is 8.08. The Balaban J connectivity index is 1.42. The molecule has 1 fully saturated rings. The lowest BCUT2D eigenvalue weighted by molar-refractivity contribution is -0.118. The molecular weight excluding hydrogens is 354 g/mol. The Morgan fingerprint density at radius 3 is 2.29 bits per heavy atom. The third kappa shape index (κ3) is 5.99. The van der Waals surface area contributed by atoms with Crippen LogP contribution in [0.5, 0.6) is 11.5 Å². The summed E-state index contributed by atoms with van der Waals surface area (Å²) in [6.07, 6.45) is 2.34. The highest BCUT2D eigenvalue weighted by Gasteiger charge is 2.16. The average Bonchev–Trinajstić information content (AvgIpc) is 3.19. The van der Waals surface area contributed by atoms with E-state index in [1.54, 1.807) is 0 Å². The van der Waals surface area contributed by atoms with Gasteiger partial charge in [0.1, 0.15) is 18.1 Å². The summed E-state index contributed by atoms with van der Waals surface area (Å²) in [5.41, 5.74) is 2.03. The molecule has 2 aromatic rings. The van der Waals surface area contributed by atoms with Gasteiger partial charge in [-0.3, -0.25) is 4.79 Å². The molecule has 1 amide bonds. The van der Waals surface area contributed by atoms with Crippen LogP contribution >= 0.6 is 0 Å². The minimum absolute atomic E-state index is 0.0356.